The summed E-state index contributed by atoms with van der Waals surface area (Å²) in [6, 6.07) is 25.6. The number of halogens is 1. The minimum absolute atomic E-state index is 0.631. The second kappa shape index (κ2) is 6.98. The summed E-state index contributed by atoms with van der Waals surface area (Å²) in [7, 11) is 0. The van der Waals surface area contributed by atoms with Crippen molar-refractivity contribution in [2.75, 3.05) is 5.32 Å². The molecule has 0 saturated carbocycles. The highest BCUT2D eigenvalue weighted by Crippen LogP contribution is 2.33. The van der Waals surface area contributed by atoms with E-state index in [-0.39, 0.29) is 0 Å². The lowest BCUT2D eigenvalue weighted by atomic mass is 10.2. The molecule has 1 N–H and O–H groups in total. The summed E-state index contributed by atoms with van der Waals surface area (Å²) < 4.78 is 6.07. The molecule has 136 valence electrons. The Balaban J connectivity index is 1.66. The molecule has 28 heavy (non-hydrogen) atoms. The second-order valence-corrected chi connectivity index (χ2v) is 6.95. The van der Waals surface area contributed by atoms with Crippen molar-refractivity contribution in [3.8, 4) is 11.4 Å². The van der Waals surface area contributed by atoms with Gasteiger partial charge in [-0.05, 0) is 42.0 Å². The van der Waals surface area contributed by atoms with Crippen molar-refractivity contribution in [1.82, 2.24) is 9.97 Å². The Labute approximate surface area is 166 Å². The minimum atomic E-state index is 0.631. The van der Waals surface area contributed by atoms with Crippen LogP contribution in [0.2, 0.25) is 5.02 Å². The number of furan rings is 1. The van der Waals surface area contributed by atoms with Gasteiger partial charge in [0.25, 0.3) is 0 Å². The quantitative estimate of drug-likeness (QED) is 0.394. The molecule has 3 aromatic carbocycles. The van der Waals surface area contributed by atoms with E-state index in [0.29, 0.717) is 28.8 Å². The Morgan fingerprint density at radius 3 is 2.39 bits per heavy atom. The number of hydrogen-bond acceptors (Lipinski definition) is 4. The summed E-state index contributed by atoms with van der Waals surface area (Å²) in [6.45, 7) is 0.643. The molecule has 0 aliphatic carbocycles. The predicted octanol–water partition coefficient (Wildman–Crippen LogP) is 6.31. The normalized spacial score (nSPS) is 11.2. The highest BCUT2D eigenvalue weighted by molar-refractivity contribution is 6.30. The number of nitrogens with one attached hydrogen (secondary N) is 1. The van der Waals surface area contributed by atoms with E-state index >= 15 is 0 Å². The number of fused-ring (bicyclic) bond motifs is 3. The third-order valence-corrected chi connectivity index (χ3v) is 4.88. The van der Waals surface area contributed by atoms with Crippen LogP contribution < -0.4 is 5.32 Å². The fraction of sp³-hybridized carbons (Fsp3) is 0.0435. The first-order valence-corrected chi connectivity index (χ1v) is 9.39. The summed E-state index contributed by atoms with van der Waals surface area (Å²) in [6.07, 6.45) is 0. The molecule has 0 atom stereocenters. The van der Waals surface area contributed by atoms with Gasteiger partial charge in [-0.1, -0.05) is 54.1 Å². The minimum Gasteiger partial charge on any atom is -0.450 e. The first-order chi connectivity index (χ1) is 13.8. The Hall–Kier alpha value is -3.37. The van der Waals surface area contributed by atoms with Crippen LogP contribution in [-0.2, 0) is 6.54 Å². The molecule has 2 heterocycles. The van der Waals surface area contributed by atoms with E-state index in [0.717, 1.165) is 22.0 Å². The van der Waals surface area contributed by atoms with E-state index in [1.807, 2.05) is 66.7 Å². The number of aromatic nitrogens is 2. The van der Waals surface area contributed by atoms with Crippen molar-refractivity contribution in [1.29, 1.82) is 0 Å². The van der Waals surface area contributed by atoms with Crippen molar-refractivity contribution >= 4 is 39.5 Å². The summed E-state index contributed by atoms with van der Waals surface area (Å²) >= 11 is 6.04. The Bertz CT molecular complexity index is 1260. The molecule has 0 aliphatic rings. The van der Waals surface area contributed by atoms with Gasteiger partial charge in [-0.3, -0.25) is 0 Å². The van der Waals surface area contributed by atoms with Crippen molar-refractivity contribution < 1.29 is 4.42 Å². The lowest BCUT2D eigenvalue weighted by molar-refractivity contribution is 0.666. The zero-order valence-electron chi connectivity index (χ0n) is 14.9. The smallest absolute Gasteiger partial charge is 0.196 e. The summed E-state index contributed by atoms with van der Waals surface area (Å²) in [4.78, 5) is 9.54. The molecule has 2 aromatic heterocycles. The molecule has 0 amide bonds. The van der Waals surface area contributed by atoms with Gasteiger partial charge in [0.1, 0.15) is 11.1 Å². The van der Waals surface area contributed by atoms with E-state index in [1.165, 1.54) is 5.56 Å². The SMILES string of the molecule is Clc1ccc(-c2nc(NCc3ccccc3)c3oc4ccccc4c3n2)cc1. The zero-order valence-corrected chi connectivity index (χ0v) is 15.6. The first-order valence-electron chi connectivity index (χ1n) is 9.01. The molecule has 0 aliphatic heterocycles. The average molecular weight is 386 g/mol. The molecule has 0 saturated heterocycles. The Kier molecular flexibility index (Phi) is 4.18. The molecule has 0 unspecified atom stereocenters. The number of hydrogen-bond donors (Lipinski definition) is 1. The topological polar surface area (TPSA) is 51.0 Å². The van der Waals surface area contributed by atoms with Crippen molar-refractivity contribution in [3.63, 3.8) is 0 Å². The van der Waals surface area contributed by atoms with Gasteiger partial charge in [0, 0.05) is 22.5 Å². The molecule has 0 fully saturated rings. The van der Waals surface area contributed by atoms with Crippen molar-refractivity contribution in [2.45, 2.75) is 6.54 Å². The molecule has 0 spiro atoms. The van der Waals surface area contributed by atoms with Crippen molar-refractivity contribution in [2.24, 2.45) is 0 Å². The molecule has 5 aromatic rings. The largest absolute Gasteiger partial charge is 0.450 e. The Morgan fingerprint density at radius 2 is 1.57 bits per heavy atom. The molecule has 4 nitrogen and oxygen atoms in total. The van der Waals surface area contributed by atoms with E-state index in [9.17, 15) is 0 Å². The highest BCUT2D eigenvalue weighted by Gasteiger charge is 2.16. The van der Waals surface area contributed by atoms with Crippen LogP contribution in [0.15, 0.2) is 83.3 Å². The molecule has 5 heteroatoms. The van der Waals surface area contributed by atoms with Gasteiger partial charge in [-0.25, -0.2) is 9.97 Å². The number of rotatable bonds is 4. The molecular formula is C23H16ClN3O. The molecule has 0 radical (unpaired) electrons. The van der Waals surface area contributed by atoms with Gasteiger partial charge in [-0.2, -0.15) is 0 Å². The van der Waals surface area contributed by atoms with E-state index in [4.69, 9.17) is 26.0 Å². The van der Waals surface area contributed by atoms with Crippen LogP contribution in [0.3, 0.4) is 0 Å². The molecular weight excluding hydrogens is 370 g/mol. The summed E-state index contributed by atoms with van der Waals surface area (Å²) in [5.74, 6) is 1.31. The van der Waals surface area contributed by atoms with Gasteiger partial charge < -0.3 is 9.73 Å². The maximum atomic E-state index is 6.07. The highest BCUT2D eigenvalue weighted by atomic mass is 35.5. The maximum Gasteiger partial charge on any atom is 0.196 e. The van der Waals surface area contributed by atoms with Crippen LogP contribution in [-0.4, -0.2) is 9.97 Å². The fourth-order valence-electron chi connectivity index (χ4n) is 3.22. The van der Waals surface area contributed by atoms with E-state index in [2.05, 4.69) is 17.4 Å². The second-order valence-electron chi connectivity index (χ2n) is 6.52. The first kappa shape index (κ1) is 16.8. The lowest BCUT2D eigenvalue weighted by Crippen LogP contribution is -2.03. The van der Waals surface area contributed by atoms with E-state index in [1.54, 1.807) is 0 Å². The van der Waals surface area contributed by atoms with Crippen LogP contribution in [0.5, 0.6) is 0 Å². The van der Waals surface area contributed by atoms with E-state index < -0.39 is 0 Å². The van der Waals surface area contributed by atoms with Crippen LogP contribution in [0.4, 0.5) is 5.82 Å². The van der Waals surface area contributed by atoms with Gasteiger partial charge in [-0.15, -0.1) is 0 Å². The Morgan fingerprint density at radius 1 is 0.821 bits per heavy atom. The lowest BCUT2D eigenvalue weighted by Gasteiger charge is -2.08. The zero-order chi connectivity index (χ0) is 18.9. The summed E-state index contributed by atoms with van der Waals surface area (Å²) in [5.41, 5.74) is 4.32. The third kappa shape index (κ3) is 3.08. The van der Waals surface area contributed by atoms with Gasteiger partial charge in [0.05, 0.1) is 0 Å². The fourth-order valence-corrected chi connectivity index (χ4v) is 3.35. The maximum absolute atomic E-state index is 6.07. The van der Waals surface area contributed by atoms with Crippen LogP contribution >= 0.6 is 11.6 Å². The molecule has 0 bridgehead atoms. The van der Waals surface area contributed by atoms with Crippen LogP contribution in [0, 0.1) is 0 Å². The van der Waals surface area contributed by atoms with Crippen LogP contribution in [0.1, 0.15) is 5.56 Å². The van der Waals surface area contributed by atoms with Crippen LogP contribution in [0.25, 0.3) is 33.5 Å². The number of nitrogens with zero attached hydrogens (tertiary/aromatic N) is 2. The average Bonchev–Trinajstić information content (AvgIpc) is 3.12. The molecule has 5 rings (SSSR count). The number of para-hydroxylation sites is 1. The van der Waals surface area contributed by atoms with Gasteiger partial charge in [0.15, 0.2) is 17.2 Å². The predicted molar refractivity (Wildman–Crippen MR) is 114 cm³/mol. The van der Waals surface area contributed by atoms with Gasteiger partial charge >= 0.3 is 0 Å². The van der Waals surface area contributed by atoms with Gasteiger partial charge in [0.2, 0.25) is 0 Å². The summed E-state index contributed by atoms with van der Waals surface area (Å²) in [5, 5.41) is 5.07. The number of anilines is 1. The standard InChI is InChI=1S/C23H16ClN3O/c24-17-12-10-16(11-13-17)22-26-20-18-8-4-5-9-19(18)28-21(20)23(27-22)25-14-15-6-2-1-3-7-15/h1-13H,14H2,(H,25,26,27). The monoisotopic (exact) mass is 385 g/mol. The number of benzene rings is 3. The van der Waals surface area contributed by atoms with Crippen molar-refractivity contribution in [3.05, 3.63) is 89.4 Å². The third-order valence-electron chi connectivity index (χ3n) is 4.62.